The zero-order valence-corrected chi connectivity index (χ0v) is 20.0. The van der Waals surface area contributed by atoms with Gasteiger partial charge in [-0.05, 0) is 70.9 Å². The molecule has 1 unspecified atom stereocenters. The number of quaternary nitrogens is 1. The maximum atomic E-state index is 13.6. The Labute approximate surface area is 185 Å². The second kappa shape index (κ2) is 9.30. The molecule has 4 heteroatoms. The molecule has 2 aliphatic rings. The summed E-state index contributed by atoms with van der Waals surface area (Å²) >= 11 is 0. The first-order valence-electron chi connectivity index (χ1n) is 10.2. The predicted molar refractivity (Wildman–Crippen MR) is 105 cm³/mol. The molecule has 1 amide bonds. The molecule has 0 spiro atoms. The summed E-state index contributed by atoms with van der Waals surface area (Å²) in [7, 11) is 0. The van der Waals surface area contributed by atoms with E-state index in [0.717, 1.165) is 30.4 Å². The normalized spacial score (nSPS) is 23.3. The third-order valence-electron chi connectivity index (χ3n) is 6.56. The third kappa shape index (κ3) is 4.26. The van der Waals surface area contributed by atoms with Crippen LogP contribution in [0.25, 0.3) is 0 Å². The molecule has 3 nitrogen and oxygen atoms in total. The molecule has 0 saturated carbocycles. The number of rotatable bonds is 3. The summed E-state index contributed by atoms with van der Waals surface area (Å²) in [5.74, 6) is 0.380. The van der Waals surface area contributed by atoms with Gasteiger partial charge < -0.3 is 9.38 Å². The summed E-state index contributed by atoms with van der Waals surface area (Å²) in [6.07, 6.45) is 7.41. The van der Waals surface area contributed by atoms with Crippen molar-refractivity contribution in [2.45, 2.75) is 72.3 Å². The zero-order chi connectivity index (χ0) is 18.0. The fourth-order valence-corrected chi connectivity index (χ4v) is 5.35. The number of carbonyl (C=O) groups excluding carboxylic acids is 1. The van der Waals surface area contributed by atoms with Gasteiger partial charge in [0.25, 0.3) is 5.91 Å². The van der Waals surface area contributed by atoms with E-state index in [2.05, 4.69) is 44.7 Å². The molecule has 1 atom stereocenters. The Morgan fingerprint density at radius 1 is 1.00 bits per heavy atom. The summed E-state index contributed by atoms with van der Waals surface area (Å²) in [6, 6.07) is 4.60. The molecule has 2 fully saturated rings. The van der Waals surface area contributed by atoms with E-state index in [4.69, 9.17) is 0 Å². The number of likely N-dealkylation sites (tertiary alicyclic amines) is 1. The zero-order valence-electron chi connectivity index (χ0n) is 17.2. The van der Waals surface area contributed by atoms with Gasteiger partial charge >= 0.3 is 0 Å². The van der Waals surface area contributed by atoms with Crippen molar-refractivity contribution in [3.8, 4) is 0 Å². The van der Waals surface area contributed by atoms with Crippen LogP contribution in [0.3, 0.4) is 0 Å². The van der Waals surface area contributed by atoms with Crippen molar-refractivity contribution in [1.82, 2.24) is 0 Å². The monoisotopic (exact) mass is 432 g/mol. The Morgan fingerprint density at radius 3 is 2.12 bits per heavy atom. The average Bonchev–Trinajstić information content (AvgIpc) is 2.82. The minimum atomic E-state index is 0. The molecule has 1 radical (unpaired) electrons. The van der Waals surface area contributed by atoms with E-state index in [9.17, 15) is 4.79 Å². The number of carbonyl (C=O) groups is 1. The summed E-state index contributed by atoms with van der Waals surface area (Å²) in [4.78, 5) is 15.7. The van der Waals surface area contributed by atoms with Gasteiger partial charge in [0.2, 0.25) is 0 Å². The van der Waals surface area contributed by atoms with E-state index in [1.807, 2.05) is 0 Å². The molecule has 3 rings (SSSR count). The van der Waals surface area contributed by atoms with Crippen molar-refractivity contribution in [2.24, 2.45) is 0 Å². The smallest absolute Gasteiger partial charge is 0.285 e. The Bertz CT molecular complexity index is 612. The van der Waals surface area contributed by atoms with Gasteiger partial charge in [0, 0.05) is 51.4 Å². The molecule has 26 heavy (non-hydrogen) atoms. The van der Waals surface area contributed by atoms with Gasteiger partial charge in [-0.2, -0.15) is 0 Å². The minimum absolute atomic E-state index is 0. The Morgan fingerprint density at radius 2 is 1.58 bits per heavy atom. The molecular weight excluding hydrogens is 397 g/mol. The molecule has 0 aliphatic carbocycles. The van der Waals surface area contributed by atoms with Crippen molar-refractivity contribution in [3.05, 3.63) is 28.8 Å². The van der Waals surface area contributed by atoms with Crippen LogP contribution in [0.5, 0.6) is 0 Å². The van der Waals surface area contributed by atoms with Crippen molar-refractivity contribution in [3.63, 3.8) is 0 Å². The largest absolute Gasteiger partial charge is 0.314 e. The van der Waals surface area contributed by atoms with Crippen LogP contribution in [0.2, 0.25) is 0 Å². The number of likely N-dealkylation sites (N-methyl/N-ethyl adjacent to an activating group) is 1. The Balaban J connectivity index is 0.00000243. The summed E-state index contributed by atoms with van der Waals surface area (Å²) in [5, 5.41) is 0. The van der Waals surface area contributed by atoms with Crippen LogP contribution >= 0.6 is 0 Å². The van der Waals surface area contributed by atoms with Crippen LogP contribution in [-0.2, 0) is 37.5 Å². The van der Waals surface area contributed by atoms with Crippen molar-refractivity contribution in [2.75, 3.05) is 31.1 Å². The Kier molecular flexibility index (Phi) is 7.89. The van der Waals surface area contributed by atoms with Crippen molar-refractivity contribution >= 4 is 11.6 Å². The second-order valence-electron chi connectivity index (χ2n) is 8.29. The van der Waals surface area contributed by atoms with Gasteiger partial charge in [-0.1, -0.05) is 17.7 Å². The van der Waals surface area contributed by atoms with Crippen LogP contribution in [0.4, 0.5) is 5.69 Å². The van der Waals surface area contributed by atoms with Gasteiger partial charge in [-0.3, -0.25) is 4.79 Å². The summed E-state index contributed by atoms with van der Waals surface area (Å²) < 4.78 is 1.03. The van der Waals surface area contributed by atoms with Gasteiger partial charge in [0.05, 0.1) is 19.6 Å². The fourth-order valence-electron chi connectivity index (χ4n) is 5.35. The van der Waals surface area contributed by atoms with Crippen LogP contribution in [0.1, 0.15) is 62.1 Å². The van der Waals surface area contributed by atoms with Crippen LogP contribution < -0.4 is 4.90 Å². The van der Waals surface area contributed by atoms with Gasteiger partial charge in [-0.15, -0.1) is 0 Å². The van der Waals surface area contributed by atoms with Crippen molar-refractivity contribution < 1.29 is 42.0 Å². The molecule has 0 bridgehead atoms. The molecule has 0 aromatic heterocycles. The number of nitrogens with zero attached hydrogens (tertiary/aromatic N) is 2. The van der Waals surface area contributed by atoms with E-state index in [0.29, 0.717) is 5.91 Å². The quantitative estimate of drug-likeness (QED) is 0.644. The first kappa shape index (κ1) is 22.0. The third-order valence-corrected chi connectivity index (χ3v) is 6.56. The van der Waals surface area contributed by atoms with Crippen LogP contribution in [0, 0.1) is 20.8 Å². The van der Waals surface area contributed by atoms with E-state index in [-0.39, 0.29) is 38.8 Å². The number of benzene rings is 1. The molecule has 2 heterocycles. The average molecular weight is 432 g/mol. The van der Waals surface area contributed by atoms with Crippen molar-refractivity contribution in [1.29, 1.82) is 0 Å². The molecule has 141 valence electrons. The van der Waals surface area contributed by atoms with Crippen LogP contribution in [-0.4, -0.2) is 42.6 Å². The first-order valence-corrected chi connectivity index (χ1v) is 10.2. The second-order valence-corrected chi connectivity index (χ2v) is 8.29. The number of aryl methyl sites for hydroxylation is 3. The van der Waals surface area contributed by atoms with E-state index in [1.165, 1.54) is 61.2 Å². The summed E-state index contributed by atoms with van der Waals surface area (Å²) in [5.41, 5.74) is 4.93. The summed E-state index contributed by atoms with van der Waals surface area (Å²) in [6.45, 7) is 13.1. The molecular formula is C22H35N2OY+. The minimum Gasteiger partial charge on any atom is -0.314 e. The standard InChI is InChI=1S/C22H35N2O.Y/c1-5-24(13-8-6-7-9-14-24)20-11-10-12-23(22(20)25)21-18(3)15-17(2)16-19(21)4;/h15-16,20H,5-14H2,1-4H3;/q+1;. The molecule has 2 saturated heterocycles. The maximum Gasteiger partial charge on any atom is 0.285 e. The van der Waals surface area contributed by atoms with E-state index in [1.54, 1.807) is 0 Å². The molecule has 2 aliphatic heterocycles. The number of hydrogen-bond acceptors (Lipinski definition) is 1. The predicted octanol–water partition coefficient (Wildman–Crippen LogP) is 4.52. The topological polar surface area (TPSA) is 20.3 Å². The number of piperidine rings is 1. The first-order chi connectivity index (χ1) is 12.0. The Hall–Kier alpha value is -0.246. The maximum absolute atomic E-state index is 13.6. The number of hydrogen-bond donors (Lipinski definition) is 0. The molecule has 1 aromatic rings. The van der Waals surface area contributed by atoms with Gasteiger partial charge in [0.15, 0.2) is 6.04 Å². The van der Waals surface area contributed by atoms with Crippen LogP contribution in [0.15, 0.2) is 12.1 Å². The number of anilines is 1. The van der Waals surface area contributed by atoms with Gasteiger partial charge in [-0.25, -0.2) is 0 Å². The molecule has 0 N–H and O–H groups in total. The fraction of sp³-hybridized carbons (Fsp3) is 0.682. The van der Waals surface area contributed by atoms with E-state index >= 15 is 0 Å². The SMILES string of the molecule is CC[N+]1(C2CCCN(c3c(C)cc(C)cc3C)C2=O)CCCCCC1.[Y]. The van der Waals surface area contributed by atoms with E-state index < -0.39 is 0 Å². The number of amides is 1. The molecule has 1 aromatic carbocycles. The van der Waals surface area contributed by atoms with Gasteiger partial charge in [0.1, 0.15) is 0 Å².